The van der Waals surface area contributed by atoms with Gasteiger partial charge >= 0.3 is 5.97 Å². The van der Waals surface area contributed by atoms with E-state index in [9.17, 15) is 9.59 Å². The zero-order valence-corrected chi connectivity index (χ0v) is 14.6. The predicted octanol–water partition coefficient (Wildman–Crippen LogP) is 2.86. The largest absolute Gasteiger partial charge is 0.486 e. The predicted molar refractivity (Wildman–Crippen MR) is 93.0 cm³/mol. The van der Waals surface area contributed by atoms with Crippen molar-refractivity contribution in [2.45, 2.75) is 19.8 Å². The van der Waals surface area contributed by atoms with Gasteiger partial charge in [0.1, 0.15) is 13.2 Å². The Morgan fingerprint density at radius 1 is 1.24 bits per heavy atom. The number of esters is 1. The molecule has 0 fully saturated rings. The molecule has 25 heavy (non-hydrogen) atoms. The van der Waals surface area contributed by atoms with Crippen molar-refractivity contribution in [1.82, 2.24) is 4.98 Å². The number of aromatic nitrogens is 1. The molecule has 2 aromatic rings. The topological polar surface area (TPSA) is 86.8 Å². The third-order valence-corrected chi connectivity index (χ3v) is 4.21. The molecule has 1 aliphatic rings. The van der Waals surface area contributed by atoms with Gasteiger partial charge in [0.2, 0.25) is 5.91 Å². The van der Waals surface area contributed by atoms with Crippen LogP contribution in [-0.2, 0) is 14.3 Å². The number of ether oxygens (including phenoxy) is 3. The maximum atomic E-state index is 11.9. The minimum Gasteiger partial charge on any atom is -0.486 e. The van der Waals surface area contributed by atoms with Gasteiger partial charge in [0.05, 0.1) is 18.7 Å². The molecular weight excluding hydrogens is 344 g/mol. The molecule has 8 heteroatoms. The number of nitrogens with zero attached hydrogens (tertiary/aromatic N) is 1. The van der Waals surface area contributed by atoms with E-state index in [1.54, 1.807) is 6.92 Å². The second kappa shape index (κ2) is 7.98. The number of anilines is 1. The summed E-state index contributed by atoms with van der Waals surface area (Å²) in [6.07, 6.45) is 0.123. The molecule has 0 unspecified atom stereocenters. The molecule has 1 aromatic heterocycles. The number of carbonyl (C=O) groups is 2. The zero-order valence-electron chi connectivity index (χ0n) is 13.7. The van der Waals surface area contributed by atoms with Gasteiger partial charge in [0.15, 0.2) is 16.6 Å². The smallest absolute Gasteiger partial charge is 0.306 e. The number of hydrogen-bond acceptors (Lipinski definition) is 7. The summed E-state index contributed by atoms with van der Waals surface area (Å²) in [5, 5.41) is 5.04. The lowest BCUT2D eigenvalue weighted by molar-refractivity contribution is -0.144. The van der Waals surface area contributed by atoms with Crippen LogP contribution in [0.25, 0.3) is 11.3 Å². The van der Waals surface area contributed by atoms with Crippen molar-refractivity contribution in [3.05, 3.63) is 23.6 Å². The Hall–Kier alpha value is -2.61. The highest BCUT2D eigenvalue weighted by molar-refractivity contribution is 7.14. The summed E-state index contributed by atoms with van der Waals surface area (Å²) < 4.78 is 15.9. The van der Waals surface area contributed by atoms with E-state index >= 15 is 0 Å². The van der Waals surface area contributed by atoms with Gasteiger partial charge in [-0.2, -0.15) is 0 Å². The molecule has 2 heterocycles. The van der Waals surface area contributed by atoms with Crippen molar-refractivity contribution in [3.8, 4) is 22.8 Å². The number of fused-ring (bicyclic) bond motifs is 1. The summed E-state index contributed by atoms with van der Waals surface area (Å²) in [4.78, 5) is 27.5. The molecule has 132 valence electrons. The monoisotopic (exact) mass is 362 g/mol. The minimum atomic E-state index is -0.381. The Bertz CT molecular complexity index is 774. The lowest BCUT2D eigenvalue weighted by Crippen LogP contribution is -2.15. The van der Waals surface area contributed by atoms with E-state index in [-0.39, 0.29) is 24.7 Å². The fourth-order valence-corrected chi connectivity index (χ4v) is 3.03. The number of amides is 1. The molecule has 3 rings (SSSR count). The van der Waals surface area contributed by atoms with Crippen molar-refractivity contribution in [1.29, 1.82) is 0 Å². The highest BCUT2D eigenvalue weighted by Gasteiger charge is 2.15. The van der Waals surface area contributed by atoms with Crippen LogP contribution < -0.4 is 14.8 Å². The maximum Gasteiger partial charge on any atom is 0.306 e. The third kappa shape index (κ3) is 4.48. The van der Waals surface area contributed by atoms with E-state index in [2.05, 4.69) is 10.3 Å². The molecule has 0 saturated carbocycles. The molecule has 1 aliphatic heterocycles. The molecular formula is C17H18N2O5S. The average molecular weight is 362 g/mol. The van der Waals surface area contributed by atoms with E-state index in [4.69, 9.17) is 14.2 Å². The van der Waals surface area contributed by atoms with Crippen molar-refractivity contribution < 1.29 is 23.8 Å². The van der Waals surface area contributed by atoms with E-state index in [1.807, 2.05) is 23.6 Å². The van der Waals surface area contributed by atoms with Crippen molar-refractivity contribution >= 4 is 28.3 Å². The molecule has 1 amide bonds. The lowest BCUT2D eigenvalue weighted by Gasteiger charge is -2.18. The first-order chi connectivity index (χ1) is 12.2. The maximum absolute atomic E-state index is 11.9. The standard InChI is InChI=1S/C17H18N2O5S/c1-2-22-16(21)6-5-15(20)19-17-18-12(10-25-17)11-3-4-13-14(9-11)24-8-7-23-13/h3-4,9-10H,2,5-8H2,1H3,(H,18,19,20). The summed E-state index contributed by atoms with van der Waals surface area (Å²) in [7, 11) is 0. The van der Waals surface area contributed by atoms with Crippen molar-refractivity contribution in [2.75, 3.05) is 25.1 Å². The van der Waals surface area contributed by atoms with Crippen molar-refractivity contribution in [3.63, 3.8) is 0 Å². The highest BCUT2D eigenvalue weighted by Crippen LogP contribution is 2.35. The second-order valence-corrected chi connectivity index (χ2v) is 6.11. The molecule has 0 saturated heterocycles. The van der Waals surface area contributed by atoms with E-state index in [1.165, 1.54) is 11.3 Å². The zero-order chi connectivity index (χ0) is 17.6. The summed E-state index contributed by atoms with van der Waals surface area (Å²) in [6, 6.07) is 5.62. The van der Waals surface area contributed by atoms with Gasteiger partial charge in [-0.3, -0.25) is 9.59 Å². The molecule has 0 radical (unpaired) electrons. The van der Waals surface area contributed by atoms with E-state index in [0.29, 0.717) is 30.7 Å². The number of thiazole rings is 1. The summed E-state index contributed by atoms with van der Waals surface area (Å²) in [5.74, 6) is 0.763. The normalized spacial score (nSPS) is 12.5. The molecule has 7 nitrogen and oxygen atoms in total. The number of rotatable bonds is 6. The average Bonchev–Trinajstić information content (AvgIpc) is 3.08. The van der Waals surface area contributed by atoms with Crippen LogP contribution in [-0.4, -0.2) is 36.7 Å². The van der Waals surface area contributed by atoms with Crippen LogP contribution in [0.1, 0.15) is 19.8 Å². The van der Waals surface area contributed by atoms with Gasteiger partial charge in [0.25, 0.3) is 0 Å². The molecule has 0 atom stereocenters. The Kier molecular flexibility index (Phi) is 5.49. The molecule has 0 aliphatic carbocycles. The van der Waals surface area contributed by atoms with Crippen LogP contribution in [0.2, 0.25) is 0 Å². The van der Waals surface area contributed by atoms with Crippen LogP contribution in [0.3, 0.4) is 0 Å². The molecule has 1 N–H and O–H groups in total. The first-order valence-electron chi connectivity index (χ1n) is 7.96. The lowest BCUT2D eigenvalue weighted by atomic mass is 10.1. The SMILES string of the molecule is CCOC(=O)CCC(=O)Nc1nc(-c2ccc3c(c2)OCCO3)cs1. The summed E-state index contributed by atoms with van der Waals surface area (Å²) >= 11 is 1.32. The minimum absolute atomic E-state index is 0.0556. The fourth-order valence-electron chi connectivity index (χ4n) is 2.30. The number of nitrogens with one attached hydrogen (secondary N) is 1. The first kappa shape index (κ1) is 17.2. The summed E-state index contributed by atoms with van der Waals surface area (Å²) in [5.41, 5.74) is 1.62. The Balaban J connectivity index is 1.60. The van der Waals surface area contributed by atoms with Gasteiger partial charge in [-0.1, -0.05) is 0 Å². The Morgan fingerprint density at radius 2 is 2.04 bits per heavy atom. The van der Waals surface area contributed by atoms with Crippen LogP contribution >= 0.6 is 11.3 Å². The van der Waals surface area contributed by atoms with Crippen LogP contribution in [0.15, 0.2) is 23.6 Å². The third-order valence-electron chi connectivity index (χ3n) is 3.45. The van der Waals surface area contributed by atoms with Gasteiger partial charge in [0, 0.05) is 17.4 Å². The van der Waals surface area contributed by atoms with E-state index in [0.717, 1.165) is 17.0 Å². The molecule has 0 bridgehead atoms. The van der Waals surface area contributed by atoms with Crippen LogP contribution in [0.4, 0.5) is 5.13 Å². The van der Waals surface area contributed by atoms with Gasteiger partial charge in [-0.25, -0.2) is 4.98 Å². The quantitative estimate of drug-likeness (QED) is 0.795. The van der Waals surface area contributed by atoms with Crippen LogP contribution in [0.5, 0.6) is 11.5 Å². The summed E-state index contributed by atoms with van der Waals surface area (Å²) in [6.45, 7) is 3.11. The first-order valence-corrected chi connectivity index (χ1v) is 8.84. The van der Waals surface area contributed by atoms with Gasteiger partial charge < -0.3 is 19.5 Å². The number of hydrogen-bond donors (Lipinski definition) is 1. The van der Waals surface area contributed by atoms with Crippen molar-refractivity contribution in [2.24, 2.45) is 0 Å². The second-order valence-electron chi connectivity index (χ2n) is 5.25. The van der Waals surface area contributed by atoms with Gasteiger partial charge in [-0.15, -0.1) is 11.3 Å². The number of benzene rings is 1. The van der Waals surface area contributed by atoms with Gasteiger partial charge in [-0.05, 0) is 25.1 Å². The molecule has 1 aromatic carbocycles. The van der Waals surface area contributed by atoms with Crippen LogP contribution in [0, 0.1) is 0 Å². The fraction of sp³-hybridized carbons (Fsp3) is 0.353. The number of carbonyl (C=O) groups excluding carboxylic acids is 2. The Morgan fingerprint density at radius 3 is 2.84 bits per heavy atom. The molecule has 0 spiro atoms. The Labute approximate surface area is 148 Å². The highest BCUT2D eigenvalue weighted by atomic mass is 32.1. The van der Waals surface area contributed by atoms with E-state index < -0.39 is 0 Å².